The van der Waals surface area contributed by atoms with Crippen molar-refractivity contribution in [3.8, 4) is 0 Å². The number of hydrogen-bond acceptors (Lipinski definition) is 3. The lowest BCUT2D eigenvalue weighted by Crippen LogP contribution is -2.39. The maximum absolute atomic E-state index is 12.0. The van der Waals surface area contributed by atoms with Gasteiger partial charge in [0, 0.05) is 6.04 Å². The Balaban J connectivity index is 2.74. The Hall–Kier alpha value is -1.49. The van der Waals surface area contributed by atoms with Crippen LogP contribution < -0.4 is 5.32 Å². The SMILES string of the molecule is CC(C)(C)CC(CC(=O)O)NC(=O)c1ccoc1Cl. The maximum atomic E-state index is 12.0. The highest BCUT2D eigenvalue weighted by atomic mass is 35.5. The molecular formula is C13H18ClNO4. The largest absolute Gasteiger partial charge is 0.481 e. The molecule has 0 aromatic carbocycles. The van der Waals surface area contributed by atoms with Crippen LogP contribution >= 0.6 is 11.6 Å². The first-order valence-electron chi connectivity index (χ1n) is 5.94. The van der Waals surface area contributed by atoms with Gasteiger partial charge in [-0.2, -0.15) is 0 Å². The Morgan fingerprint density at radius 3 is 2.53 bits per heavy atom. The minimum absolute atomic E-state index is 0.00216. The van der Waals surface area contributed by atoms with Crippen molar-refractivity contribution in [3.05, 3.63) is 23.1 Å². The van der Waals surface area contributed by atoms with Gasteiger partial charge < -0.3 is 14.8 Å². The Labute approximate surface area is 116 Å². The van der Waals surface area contributed by atoms with Gasteiger partial charge in [0.25, 0.3) is 5.91 Å². The molecule has 1 aromatic heterocycles. The molecule has 2 N–H and O–H groups in total. The topological polar surface area (TPSA) is 79.5 Å². The molecular weight excluding hydrogens is 270 g/mol. The second-order valence-corrected chi connectivity index (χ2v) is 5.98. The highest BCUT2D eigenvalue weighted by Gasteiger charge is 2.24. The fourth-order valence-electron chi connectivity index (χ4n) is 1.84. The number of hydrogen-bond donors (Lipinski definition) is 2. The molecule has 0 aliphatic heterocycles. The van der Waals surface area contributed by atoms with Crippen molar-refractivity contribution in [3.63, 3.8) is 0 Å². The number of rotatable bonds is 5. The van der Waals surface area contributed by atoms with Crippen molar-refractivity contribution >= 4 is 23.5 Å². The third-order valence-corrected chi connectivity index (χ3v) is 2.77. The first-order valence-corrected chi connectivity index (χ1v) is 6.32. The van der Waals surface area contributed by atoms with Gasteiger partial charge in [0.05, 0.1) is 18.2 Å². The van der Waals surface area contributed by atoms with Crippen LogP contribution in [0.25, 0.3) is 0 Å². The van der Waals surface area contributed by atoms with Crippen LogP contribution in [0.5, 0.6) is 0 Å². The smallest absolute Gasteiger partial charge is 0.305 e. The van der Waals surface area contributed by atoms with Crippen molar-refractivity contribution in [1.29, 1.82) is 0 Å². The van der Waals surface area contributed by atoms with Gasteiger partial charge in [-0.25, -0.2) is 0 Å². The number of carboxylic acid groups (broad SMARTS) is 1. The lowest BCUT2D eigenvalue weighted by Gasteiger charge is -2.25. The fourth-order valence-corrected chi connectivity index (χ4v) is 2.04. The van der Waals surface area contributed by atoms with Crippen molar-refractivity contribution in [2.75, 3.05) is 0 Å². The van der Waals surface area contributed by atoms with E-state index in [2.05, 4.69) is 5.32 Å². The number of furan rings is 1. The molecule has 0 aliphatic rings. The van der Waals surface area contributed by atoms with Gasteiger partial charge in [0.15, 0.2) is 0 Å². The van der Waals surface area contributed by atoms with Crippen molar-refractivity contribution in [2.24, 2.45) is 5.41 Å². The van der Waals surface area contributed by atoms with E-state index in [1.807, 2.05) is 20.8 Å². The minimum atomic E-state index is -0.951. The summed E-state index contributed by atoms with van der Waals surface area (Å²) in [5, 5.41) is 11.6. The molecule has 0 saturated heterocycles. The molecule has 1 amide bonds. The molecule has 0 bridgehead atoms. The van der Waals surface area contributed by atoms with Crippen molar-refractivity contribution in [1.82, 2.24) is 5.32 Å². The molecule has 0 aliphatic carbocycles. The molecule has 1 unspecified atom stereocenters. The first-order chi connectivity index (χ1) is 8.69. The predicted octanol–water partition coefficient (Wildman–Crippen LogP) is 2.94. The summed E-state index contributed by atoms with van der Waals surface area (Å²) in [6, 6.07) is 1.00. The summed E-state index contributed by atoms with van der Waals surface area (Å²) in [5.41, 5.74) is 0.124. The van der Waals surface area contributed by atoms with Crippen LogP contribution in [0.2, 0.25) is 5.22 Å². The average molecular weight is 288 g/mol. The summed E-state index contributed by atoms with van der Waals surface area (Å²) >= 11 is 5.71. The van der Waals surface area contributed by atoms with Crippen LogP contribution in [0.3, 0.4) is 0 Å². The Morgan fingerprint density at radius 1 is 1.47 bits per heavy atom. The molecule has 0 saturated carbocycles. The highest BCUT2D eigenvalue weighted by Crippen LogP contribution is 2.23. The van der Waals surface area contributed by atoms with Crippen LogP contribution in [-0.4, -0.2) is 23.0 Å². The molecule has 0 spiro atoms. The highest BCUT2D eigenvalue weighted by molar-refractivity contribution is 6.32. The quantitative estimate of drug-likeness (QED) is 0.872. The number of amides is 1. The molecule has 0 fully saturated rings. The summed E-state index contributed by atoms with van der Waals surface area (Å²) in [5.74, 6) is -1.37. The number of nitrogens with one attached hydrogen (secondary N) is 1. The number of carbonyl (C=O) groups excluding carboxylic acids is 1. The van der Waals surface area contributed by atoms with Gasteiger partial charge in [-0.3, -0.25) is 9.59 Å². The molecule has 0 radical (unpaired) electrons. The third kappa shape index (κ3) is 5.34. The Morgan fingerprint density at radius 2 is 2.11 bits per heavy atom. The second-order valence-electron chi connectivity index (χ2n) is 5.64. The monoisotopic (exact) mass is 287 g/mol. The molecule has 6 heteroatoms. The van der Waals surface area contributed by atoms with E-state index in [4.69, 9.17) is 21.1 Å². The van der Waals surface area contributed by atoms with E-state index < -0.39 is 17.9 Å². The zero-order chi connectivity index (χ0) is 14.6. The molecule has 5 nitrogen and oxygen atoms in total. The van der Waals surface area contributed by atoms with Gasteiger partial charge in [-0.05, 0) is 29.5 Å². The second kappa shape index (κ2) is 6.10. The molecule has 1 heterocycles. The van der Waals surface area contributed by atoms with E-state index in [0.29, 0.717) is 6.42 Å². The van der Waals surface area contributed by atoms with Gasteiger partial charge in [0.2, 0.25) is 5.22 Å². The summed E-state index contributed by atoms with van der Waals surface area (Å²) in [7, 11) is 0. The third-order valence-electron chi connectivity index (χ3n) is 2.48. The van der Waals surface area contributed by atoms with Crippen LogP contribution in [-0.2, 0) is 4.79 Å². The van der Waals surface area contributed by atoms with Crippen LogP contribution in [0.1, 0.15) is 44.0 Å². The van der Waals surface area contributed by atoms with E-state index in [0.717, 1.165) is 0 Å². The number of carbonyl (C=O) groups is 2. The Kier molecular flexibility index (Phi) is 5.00. The molecule has 106 valence electrons. The predicted molar refractivity (Wildman–Crippen MR) is 71.3 cm³/mol. The normalized spacial score (nSPS) is 13.1. The van der Waals surface area contributed by atoms with E-state index in [1.54, 1.807) is 0 Å². The van der Waals surface area contributed by atoms with Gasteiger partial charge in [0.1, 0.15) is 0 Å². The number of carboxylic acids is 1. The summed E-state index contributed by atoms with van der Waals surface area (Å²) < 4.78 is 4.84. The lowest BCUT2D eigenvalue weighted by atomic mass is 9.87. The zero-order valence-electron chi connectivity index (χ0n) is 11.2. The number of aliphatic carboxylic acids is 1. The molecule has 19 heavy (non-hydrogen) atoms. The molecule has 1 atom stereocenters. The molecule has 1 aromatic rings. The van der Waals surface area contributed by atoms with Gasteiger partial charge >= 0.3 is 5.97 Å². The van der Waals surface area contributed by atoms with Crippen LogP contribution in [0, 0.1) is 5.41 Å². The van der Waals surface area contributed by atoms with E-state index in [-0.39, 0.29) is 22.6 Å². The summed E-state index contributed by atoms with van der Waals surface area (Å²) in [6.45, 7) is 5.95. The van der Waals surface area contributed by atoms with Crippen LogP contribution in [0.4, 0.5) is 0 Å². The zero-order valence-corrected chi connectivity index (χ0v) is 12.0. The molecule has 1 rings (SSSR count). The Bertz CT molecular complexity index is 461. The van der Waals surface area contributed by atoms with Crippen molar-refractivity contribution < 1.29 is 19.1 Å². The fraction of sp³-hybridized carbons (Fsp3) is 0.538. The van der Waals surface area contributed by atoms with E-state index in [9.17, 15) is 9.59 Å². The average Bonchev–Trinajstić information content (AvgIpc) is 2.60. The lowest BCUT2D eigenvalue weighted by molar-refractivity contribution is -0.137. The maximum Gasteiger partial charge on any atom is 0.305 e. The first kappa shape index (κ1) is 15.6. The summed E-state index contributed by atoms with van der Waals surface area (Å²) in [4.78, 5) is 22.8. The summed E-state index contributed by atoms with van der Waals surface area (Å²) in [6.07, 6.45) is 1.74. The van der Waals surface area contributed by atoms with Crippen LogP contribution in [0.15, 0.2) is 16.7 Å². The standard InChI is InChI=1S/C13H18ClNO4/c1-13(2,3)7-8(6-10(16)17)15-12(18)9-4-5-19-11(9)14/h4-5,8H,6-7H2,1-3H3,(H,15,18)(H,16,17). The van der Waals surface area contributed by atoms with Gasteiger partial charge in [-0.1, -0.05) is 20.8 Å². The number of halogens is 1. The minimum Gasteiger partial charge on any atom is -0.481 e. The van der Waals surface area contributed by atoms with E-state index >= 15 is 0 Å². The van der Waals surface area contributed by atoms with Crippen molar-refractivity contribution in [2.45, 2.75) is 39.7 Å². The van der Waals surface area contributed by atoms with E-state index in [1.165, 1.54) is 12.3 Å². The van der Waals surface area contributed by atoms with Gasteiger partial charge in [-0.15, -0.1) is 0 Å².